The maximum Gasteiger partial charge on any atom is 0.336 e. The lowest BCUT2D eigenvalue weighted by Gasteiger charge is -2.39. The van der Waals surface area contributed by atoms with Gasteiger partial charge in [0.2, 0.25) is 5.36 Å². The lowest BCUT2D eigenvalue weighted by molar-refractivity contribution is 0.0696. The fourth-order valence-electron chi connectivity index (χ4n) is 7.75. The van der Waals surface area contributed by atoms with Crippen molar-refractivity contribution in [2.24, 2.45) is 5.92 Å². The van der Waals surface area contributed by atoms with Crippen molar-refractivity contribution in [2.75, 3.05) is 31.6 Å². The number of aryl methyl sites for hydroxylation is 2. The van der Waals surface area contributed by atoms with Gasteiger partial charge in [-0.05, 0) is 67.9 Å². The van der Waals surface area contributed by atoms with Crippen LogP contribution in [0.4, 0.5) is 5.69 Å². The van der Waals surface area contributed by atoms with Crippen LogP contribution in [-0.4, -0.2) is 43.5 Å². The first-order valence-corrected chi connectivity index (χ1v) is 15.6. The van der Waals surface area contributed by atoms with E-state index in [0.717, 1.165) is 92.4 Å². The minimum atomic E-state index is -1.02. The average Bonchev–Trinajstić information content (AvgIpc) is 2.99. The van der Waals surface area contributed by atoms with Crippen molar-refractivity contribution in [3.8, 4) is 11.5 Å². The Morgan fingerprint density at radius 3 is 2.48 bits per heavy atom. The summed E-state index contributed by atoms with van der Waals surface area (Å²) in [5.41, 5.74) is 9.56. The van der Waals surface area contributed by atoms with Crippen molar-refractivity contribution >= 4 is 23.0 Å². The number of hydrogen-bond donors (Lipinski definition) is 1. The van der Waals surface area contributed by atoms with E-state index in [2.05, 4.69) is 35.6 Å². The Bertz CT molecular complexity index is 1820. The van der Waals surface area contributed by atoms with Crippen LogP contribution in [-0.2, 0) is 25.7 Å². The molecule has 216 valence electrons. The molecule has 0 aliphatic carbocycles. The van der Waals surface area contributed by atoms with E-state index in [4.69, 9.17) is 4.74 Å². The van der Waals surface area contributed by atoms with Gasteiger partial charge in [-0.2, -0.15) is 0 Å². The predicted molar refractivity (Wildman–Crippen MR) is 165 cm³/mol. The molecule has 0 spiro atoms. The molecule has 4 heterocycles. The number of rotatable bonds is 5. The van der Waals surface area contributed by atoms with Gasteiger partial charge in [-0.1, -0.05) is 32.9 Å². The van der Waals surface area contributed by atoms with Crippen LogP contribution < -0.4 is 24.8 Å². The largest absolute Gasteiger partial charge is 0.478 e. The third-order valence-electron chi connectivity index (χ3n) is 9.65. The minimum Gasteiger partial charge on any atom is -0.478 e. The number of ether oxygens (including phenoxy) is 1. The Balaban J connectivity index is 1.63. The topological polar surface area (TPSA) is 69.8 Å². The molecule has 1 N–H and O–H groups in total. The summed E-state index contributed by atoms with van der Waals surface area (Å²) in [5, 5.41) is 12.8. The second kappa shape index (κ2) is 10.1. The van der Waals surface area contributed by atoms with Crippen LogP contribution >= 0.6 is 0 Å². The molecule has 7 rings (SSSR count). The molecule has 0 radical (unpaired) electrons. The quantitative estimate of drug-likeness (QED) is 0.276. The van der Waals surface area contributed by atoms with Gasteiger partial charge < -0.3 is 14.7 Å². The molecule has 0 fully saturated rings. The Morgan fingerprint density at radius 2 is 1.74 bits per heavy atom. The smallest absolute Gasteiger partial charge is 0.336 e. The van der Waals surface area contributed by atoms with E-state index in [9.17, 15) is 14.7 Å². The van der Waals surface area contributed by atoms with E-state index < -0.39 is 5.97 Å². The number of Topliss-reactive ketones (excluding diaryl/α,β-unsaturated/α-hetero) is 1. The number of hydrogen-bond acceptors (Lipinski definition) is 4. The number of nitrogens with zero attached hydrogens (tertiary/aromatic N) is 2. The first kappa shape index (κ1) is 26.9. The van der Waals surface area contributed by atoms with Crippen molar-refractivity contribution in [2.45, 2.75) is 65.7 Å². The summed E-state index contributed by atoms with van der Waals surface area (Å²) < 4.78 is 9.42. The van der Waals surface area contributed by atoms with Crippen LogP contribution in [0.25, 0.3) is 5.57 Å². The van der Waals surface area contributed by atoms with Crippen LogP contribution in [0.3, 0.4) is 0 Å². The summed E-state index contributed by atoms with van der Waals surface area (Å²) in [5.74, 6) is 0.475. The lowest BCUT2D eigenvalue weighted by atomic mass is 9.81. The van der Waals surface area contributed by atoms with Gasteiger partial charge in [-0.25, -0.2) is 9.37 Å². The summed E-state index contributed by atoms with van der Waals surface area (Å²) in [4.78, 5) is 28.3. The van der Waals surface area contributed by atoms with Crippen LogP contribution in [0.2, 0.25) is 0 Å². The molecular formula is C36H39N2O4+. The molecule has 0 bridgehead atoms. The van der Waals surface area contributed by atoms with E-state index in [1.807, 2.05) is 26.0 Å². The molecular weight excluding hydrogens is 524 g/mol. The highest BCUT2D eigenvalue weighted by Crippen LogP contribution is 2.48. The van der Waals surface area contributed by atoms with Crippen molar-refractivity contribution in [3.63, 3.8) is 0 Å². The highest BCUT2D eigenvalue weighted by atomic mass is 16.5. The zero-order valence-corrected chi connectivity index (χ0v) is 25.1. The minimum absolute atomic E-state index is 0.0502. The van der Waals surface area contributed by atoms with Gasteiger partial charge in [0.25, 0.3) is 0 Å². The van der Waals surface area contributed by atoms with Crippen LogP contribution in [0.5, 0.6) is 11.5 Å². The van der Waals surface area contributed by atoms with Gasteiger partial charge >= 0.3 is 5.97 Å². The molecule has 3 aromatic carbocycles. The van der Waals surface area contributed by atoms with Crippen molar-refractivity contribution in [3.05, 3.63) is 85.4 Å². The number of ketones is 1. The molecule has 0 amide bonds. The standard InChI is InChI=1S/C36H38N2O4/c1-5-21-17-28-30(24-13-12-23(33(39)20(2)3)19-27(24)36(40)41)29-18-22-9-6-15-38-16-8-11-26(32(22)38)35(29)42-34(28)25-10-7-14-37(4)31(21)25/h12-13,17-20H,5-11,14-16H2,1-4H3/p+1. The van der Waals surface area contributed by atoms with Crippen molar-refractivity contribution < 1.29 is 19.4 Å². The third kappa shape index (κ3) is 4.02. The third-order valence-corrected chi connectivity index (χ3v) is 9.65. The number of benzene rings is 3. The number of carbonyl (C=O) groups is 2. The number of carboxylic acid groups (broad SMARTS) is 1. The van der Waals surface area contributed by atoms with E-state index in [0.29, 0.717) is 11.1 Å². The van der Waals surface area contributed by atoms with Crippen LogP contribution in [0.1, 0.15) is 94.1 Å². The summed E-state index contributed by atoms with van der Waals surface area (Å²) >= 11 is 0. The Kier molecular flexibility index (Phi) is 6.48. The molecule has 0 unspecified atom stereocenters. The Labute approximate surface area is 246 Å². The second-order valence-corrected chi connectivity index (χ2v) is 12.6. The second-order valence-electron chi connectivity index (χ2n) is 12.6. The first-order chi connectivity index (χ1) is 20.3. The highest BCUT2D eigenvalue weighted by Gasteiger charge is 2.35. The average molecular weight is 564 g/mol. The molecule has 6 heteroatoms. The number of aromatic carboxylic acids is 1. The molecule has 0 saturated carbocycles. The number of carbonyl (C=O) groups excluding carboxylic acids is 1. The van der Waals surface area contributed by atoms with Gasteiger partial charge in [0, 0.05) is 64.2 Å². The summed E-state index contributed by atoms with van der Waals surface area (Å²) in [6, 6.07) is 9.77. The molecule has 4 aliphatic heterocycles. The number of anilines is 1. The molecule has 0 aromatic heterocycles. The molecule has 3 aromatic rings. The fraction of sp³-hybridized carbons (Fsp3) is 0.417. The fourth-order valence-corrected chi connectivity index (χ4v) is 7.75. The Hall–Kier alpha value is -3.93. The van der Waals surface area contributed by atoms with E-state index in [1.165, 1.54) is 33.3 Å². The van der Waals surface area contributed by atoms with E-state index >= 15 is 0 Å². The number of carboxylic acids is 1. The van der Waals surface area contributed by atoms with Crippen molar-refractivity contribution in [1.29, 1.82) is 0 Å². The highest BCUT2D eigenvalue weighted by molar-refractivity contribution is 6.04. The van der Waals surface area contributed by atoms with Crippen molar-refractivity contribution in [1.82, 2.24) is 4.58 Å². The van der Waals surface area contributed by atoms with E-state index in [-0.39, 0.29) is 17.3 Å². The maximum absolute atomic E-state index is 12.9. The van der Waals surface area contributed by atoms with Gasteiger partial charge in [-0.3, -0.25) is 4.79 Å². The van der Waals surface area contributed by atoms with E-state index in [1.54, 1.807) is 6.07 Å². The lowest BCUT2D eigenvalue weighted by Crippen LogP contribution is -2.40. The molecule has 4 aliphatic rings. The monoisotopic (exact) mass is 563 g/mol. The normalized spacial score (nSPS) is 16.8. The Morgan fingerprint density at radius 1 is 0.976 bits per heavy atom. The zero-order valence-electron chi connectivity index (χ0n) is 25.1. The van der Waals surface area contributed by atoms with Gasteiger partial charge in [0.05, 0.1) is 11.1 Å². The maximum atomic E-state index is 12.9. The zero-order chi connectivity index (χ0) is 29.3. The van der Waals surface area contributed by atoms with Gasteiger partial charge in [0.15, 0.2) is 5.78 Å². The number of fused-ring (bicyclic) bond motifs is 5. The molecule has 42 heavy (non-hydrogen) atoms. The van der Waals surface area contributed by atoms with Crippen LogP contribution in [0.15, 0.2) is 30.3 Å². The van der Waals surface area contributed by atoms with Gasteiger partial charge in [-0.15, -0.1) is 0 Å². The molecule has 6 nitrogen and oxygen atoms in total. The summed E-state index contributed by atoms with van der Waals surface area (Å²) in [6.07, 6.45) is 7.01. The summed E-state index contributed by atoms with van der Waals surface area (Å²) in [6.45, 7) is 9.03. The SMILES string of the molecule is CCc1cc2c(c3c1=[N+](C)CCC3)Oc1c(cc3c4c1CCCN4CCC3)C=2c1ccc(C(=O)C(C)C)cc1C(=O)O. The predicted octanol–water partition coefficient (Wildman–Crippen LogP) is 4.90. The molecule has 0 saturated heterocycles. The summed E-state index contributed by atoms with van der Waals surface area (Å²) in [7, 11) is 2.16. The van der Waals surface area contributed by atoms with Crippen LogP contribution in [0, 0.1) is 5.92 Å². The molecule has 0 atom stereocenters. The van der Waals surface area contributed by atoms with Gasteiger partial charge in [0.1, 0.15) is 25.1 Å². The first-order valence-electron chi connectivity index (χ1n) is 15.6.